The van der Waals surface area contributed by atoms with Crippen molar-refractivity contribution in [3.8, 4) is 0 Å². The summed E-state index contributed by atoms with van der Waals surface area (Å²) in [6, 6.07) is 74.2. The number of hydrogen-bond acceptors (Lipinski definition) is 5. The second-order valence-corrected chi connectivity index (χ2v) is 20.8. The van der Waals surface area contributed by atoms with Crippen LogP contribution in [0, 0.1) is 0 Å². The Kier molecular flexibility index (Phi) is 8.86. The minimum Gasteiger partial charge on any atom is -0.311 e. The van der Waals surface area contributed by atoms with Gasteiger partial charge in [0.25, 0.3) is 13.4 Å². The van der Waals surface area contributed by atoms with Crippen LogP contribution in [0.1, 0.15) is 52.7 Å². The van der Waals surface area contributed by atoms with Gasteiger partial charge in [-0.05, 0) is 140 Å². The van der Waals surface area contributed by atoms with Crippen LogP contribution in [0.15, 0.2) is 200 Å². The first kappa shape index (κ1) is 40.5. The normalized spacial score (nSPS) is 14.1. The van der Waals surface area contributed by atoms with Gasteiger partial charge >= 0.3 is 0 Å². The predicted molar refractivity (Wildman–Crippen MR) is 290 cm³/mol. The van der Waals surface area contributed by atoms with E-state index in [0.717, 1.165) is 34.4 Å². The van der Waals surface area contributed by atoms with Gasteiger partial charge in [0.2, 0.25) is 0 Å². The first-order chi connectivity index (χ1) is 33.0. The molecule has 0 amide bonds. The quantitative estimate of drug-likeness (QED) is 0.164. The van der Waals surface area contributed by atoms with Gasteiger partial charge < -0.3 is 9.80 Å². The van der Waals surface area contributed by atoms with Crippen molar-refractivity contribution in [1.29, 1.82) is 0 Å². The average molecular weight is 876 g/mol. The van der Waals surface area contributed by atoms with Gasteiger partial charge in [-0.2, -0.15) is 0 Å². The third-order valence-electron chi connectivity index (χ3n) is 14.7. The minimum atomic E-state index is -0.134. The van der Waals surface area contributed by atoms with E-state index in [9.17, 15) is 0 Å². The minimum absolute atomic E-state index is 0.0908. The van der Waals surface area contributed by atoms with Crippen molar-refractivity contribution >= 4 is 115 Å². The number of hydrogen-bond donors (Lipinski definition) is 0. The van der Waals surface area contributed by atoms with Crippen LogP contribution in [0.5, 0.6) is 0 Å². The molecule has 68 heavy (non-hydrogen) atoms. The molecule has 13 rings (SSSR count). The SMILES string of the molecule is CC(C)(C)c1cc2c3c(c1)N(c1ccccc1)c1nc4c(cc1B3c1ccccc1N2c1ccccc1)B1c2ccccc2N(c2ccccc2)c2cc(C(C)(C)C)cc(c21)N4c1ccccc1. The highest BCUT2D eigenvalue weighted by atomic mass is 15.3. The fourth-order valence-corrected chi connectivity index (χ4v) is 11.5. The molecule has 0 N–H and O–H groups in total. The second kappa shape index (κ2) is 14.9. The van der Waals surface area contributed by atoms with E-state index in [4.69, 9.17) is 4.98 Å². The lowest BCUT2D eigenvalue weighted by atomic mass is 9.30. The van der Waals surface area contributed by atoms with E-state index in [1.807, 2.05) is 0 Å². The van der Waals surface area contributed by atoms with Gasteiger partial charge in [0, 0.05) is 56.9 Å². The van der Waals surface area contributed by atoms with Crippen molar-refractivity contribution < 1.29 is 0 Å². The van der Waals surface area contributed by atoms with Crippen LogP contribution in [-0.2, 0) is 10.8 Å². The van der Waals surface area contributed by atoms with E-state index in [0.29, 0.717) is 0 Å². The smallest absolute Gasteiger partial charge is 0.254 e. The van der Waals surface area contributed by atoms with Crippen LogP contribution in [0.25, 0.3) is 0 Å². The van der Waals surface area contributed by atoms with Crippen molar-refractivity contribution in [2.24, 2.45) is 0 Å². The zero-order valence-corrected chi connectivity index (χ0v) is 39.4. The zero-order chi connectivity index (χ0) is 46.1. The van der Waals surface area contributed by atoms with Crippen LogP contribution in [0.3, 0.4) is 0 Å². The standard InChI is InChI=1S/C61H51B2N5/c1-60(2,3)40-35-52-56-54(37-40)67(44-27-15-9-16-28-44)58-48(62(56)46-31-19-21-33-50(46)65(52)42-23-11-7-12-24-42)39-49-59(64-58)68(45-29-17-10-18-30-45)55-38-41(61(4,5)6)36-53-57(55)63(49)47-32-20-22-34-51(47)66(53)43-25-13-8-14-26-43/h7-39H,1-6H3. The molecular formula is C61H51B2N5. The molecule has 4 aliphatic rings. The number of aromatic nitrogens is 1. The van der Waals surface area contributed by atoms with Crippen LogP contribution < -0.4 is 52.4 Å². The van der Waals surface area contributed by atoms with Crippen LogP contribution >= 0.6 is 0 Å². The molecule has 5 heterocycles. The molecule has 0 unspecified atom stereocenters. The Balaban J connectivity index is 1.17. The lowest BCUT2D eigenvalue weighted by molar-refractivity contribution is 0.590. The maximum absolute atomic E-state index is 6.18. The lowest BCUT2D eigenvalue weighted by Crippen LogP contribution is -2.65. The fraction of sp³-hybridized carbons (Fsp3) is 0.131. The van der Waals surface area contributed by atoms with Gasteiger partial charge in [-0.15, -0.1) is 0 Å². The Hall–Kier alpha value is -7.76. The topological polar surface area (TPSA) is 25.9 Å². The number of rotatable bonds is 4. The Morgan fingerprint density at radius 1 is 0.309 bits per heavy atom. The molecule has 0 saturated carbocycles. The highest BCUT2D eigenvalue weighted by Crippen LogP contribution is 2.49. The Morgan fingerprint density at radius 2 is 0.603 bits per heavy atom. The highest BCUT2D eigenvalue weighted by molar-refractivity contribution is 7.03. The van der Waals surface area contributed by atoms with Crippen LogP contribution in [0.2, 0.25) is 0 Å². The molecule has 5 nitrogen and oxygen atoms in total. The van der Waals surface area contributed by atoms with Crippen molar-refractivity contribution in [2.45, 2.75) is 52.4 Å². The lowest BCUT2D eigenvalue weighted by Gasteiger charge is -2.47. The molecule has 0 spiro atoms. The van der Waals surface area contributed by atoms with E-state index < -0.39 is 0 Å². The predicted octanol–water partition coefficient (Wildman–Crippen LogP) is 11.8. The van der Waals surface area contributed by atoms with Crippen molar-refractivity contribution in [3.05, 3.63) is 211 Å². The molecule has 0 saturated heterocycles. The van der Waals surface area contributed by atoms with E-state index in [-0.39, 0.29) is 24.3 Å². The Labute approximate surface area is 401 Å². The largest absolute Gasteiger partial charge is 0.311 e. The summed E-state index contributed by atoms with van der Waals surface area (Å²) in [5.74, 6) is 1.91. The van der Waals surface area contributed by atoms with Crippen molar-refractivity contribution in [3.63, 3.8) is 0 Å². The molecule has 0 radical (unpaired) electrons. The van der Waals surface area contributed by atoms with Gasteiger partial charge in [0.1, 0.15) is 11.6 Å². The zero-order valence-electron chi connectivity index (χ0n) is 39.4. The molecule has 0 fully saturated rings. The monoisotopic (exact) mass is 875 g/mol. The van der Waals surface area contributed by atoms with Crippen molar-refractivity contribution in [1.82, 2.24) is 4.98 Å². The summed E-state index contributed by atoms with van der Waals surface area (Å²) in [6.45, 7) is 13.8. The summed E-state index contributed by atoms with van der Waals surface area (Å²) in [5.41, 5.74) is 21.4. The highest BCUT2D eigenvalue weighted by Gasteiger charge is 2.49. The molecule has 4 aliphatic heterocycles. The van der Waals surface area contributed by atoms with Crippen LogP contribution in [-0.4, -0.2) is 18.4 Å². The third-order valence-corrected chi connectivity index (χ3v) is 14.7. The molecule has 7 heteroatoms. The number of fused-ring (bicyclic) bond motifs is 8. The summed E-state index contributed by atoms with van der Waals surface area (Å²) in [5, 5.41) is 0. The average Bonchev–Trinajstić information content (AvgIpc) is 3.36. The molecule has 8 aromatic carbocycles. The summed E-state index contributed by atoms with van der Waals surface area (Å²) in [6.07, 6.45) is 0. The molecule has 1 aromatic heterocycles. The Bertz CT molecular complexity index is 3230. The van der Waals surface area contributed by atoms with Gasteiger partial charge in [-0.25, -0.2) is 4.98 Å². The molecule has 326 valence electrons. The van der Waals surface area contributed by atoms with Gasteiger partial charge in [0.05, 0.1) is 0 Å². The van der Waals surface area contributed by atoms with E-state index in [1.165, 1.54) is 78.0 Å². The number of pyridine rings is 1. The van der Waals surface area contributed by atoms with Gasteiger partial charge in [-0.3, -0.25) is 9.80 Å². The summed E-state index contributed by atoms with van der Waals surface area (Å²) in [7, 11) is 0. The second-order valence-electron chi connectivity index (χ2n) is 20.8. The van der Waals surface area contributed by atoms with Crippen molar-refractivity contribution in [2.75, 3.05) is 19.6 Å². The number of para-hydroxylation sites is 6. The Morgan fingerprint density at radius 3 is 0.941 bits per heavy atom. The van der Waals surface area contributed by atoms with Crippen LogP contribution in [0.4, 0.5) is 68.5 Å². The summed E-state index contributed by atoms with van der Waals surface area (Å²) in [4.78, 5) is 16.1. The fourth-order valence-electron chi connectivity index (χ4n) is 11.5. The first-order valence-electron chi connectivity index (χ1n) is 24.0. The van der Waals surface area contributed by atoms with Gasteiger partial charge in [-0.1, -0.05) is 157 Å². The number of nitrogens with zero attached hydrogens (tertiary/aromatic N) is 5. The molecule has 0 atom stereocenters. The van der Waals surface area contributed by atoms with E-state index in [1.54, 1.807) is 0 Å². The third kappa shape index (κ3) is 6.01. The number of benzene rings is 8. The summed E-state index contributed by atoms with van der Waals surface area (Å²) >= 11 is 0. The molecule has 9 aromatic rings. The maximum atomic E-state index is 6.18. The van der Waals surface area contributed by atoms with E-state index in [2.05, 4.69) is 261 Å². The summed E-state index contributed by atoms with van der Waals surface area (Å²) < 4.78 is 0. The molecule has 0 bridgehead atoms. The molecule has 0 aliphatic carbocycles. The maximum Gasteiger partial charge on any atom is 0.254 e. The number of anilines is 12. The molecular weight excluding hydrogens is 824 g/mol. The van der Waals surface area contributed by atoms with E-state index >= 15 is 0 Å². The van der Waals surface area contributed by atoms with Gasteiger partial charge in [0.15, 0.2) is 0 Å². The first-order valence-corrected chi connectivity index (χ1v) is 24.0.